The van der Waals surface area contributed by atoms with Crippen molar-refractivity contribution in [3.8, 4) is 0 Å². The van der Waals surface area contributed by atoms with Crippen LogP contribution in [0.2, 0.25) is 0 Å². The van der Waals surface area contributed by atoms with Crippen LogP contribution in [-0.2, 0) is 0 Å². The van der Waals surface area contributed by atoms with Crippen LogP contribution in [0.3, 0.4) is 0 Å². The van der Waals surface area contributed by atoms with Gasteiger partial charge < -0.3 is 15.3 Å². The molecule has 4 nitrogen and oxygen atoms in total. The van der Waals surface area contributed by atoms with Crippen LogP contribution in [0.4, 0.5) is 0 Å². The summed E-state index contributed by atoms with van der Waals surface area (Å²) in [5, 5.41) is 12.8. The van der Waals surface area contributed by atoms with Gasteiger partial charge in [-0.25, -0.2) is 0 Å². The summed E-state index contributed by atoms with van der Waals surface area (Å²) in [6.07, 6.45) is 5.37. The highest BCUT2D eigenvalue weighted by Crippen LogP contribution is 2.30. The van der Waals surface area contributed by atoms with Crippen molar-refractivity contribution in [2.24, 2.45) is 11.8 Å². The third-order valence-corrected chi connectivity index (χ3v) is 5.27. The van der Waals surface area contributed by atoms with Gasteiger partial charge in [0.25, 0.3) is 0 Å². The molecule has 0 aromatic carbocycles. The average Bonchev–Trinajstić information content (AvgIpc) is 2.49. The molecule has 0 spiro atoms. The Morgan fingerprint density at radius 3 is 2.48 bits per heavy atom. The van der Waals surface area contributed by atoms with E-state index in [1.807, 2.05) is 0 Å². The van der Waals surface area contributed by atoms with E-state index in [0.29, 0.717) is 6.61 Å². The van der Waals surface area contributed by atoms with Gasteiger partial charge in [-0.15, -0.1) is 0 Å². The molecular formula is C17H35N3O. The monoisotopic (exact) mass is 297 g/mol. The Morgan fingerprint density at radius 1 is 1.10 bits per heavy atom. The summed E-state index contributed by atoms with van der Waals surface area (Å²) in [5.74, 6) is 1.72. The van der Waals surface area contributed by atoms with E-state index in [4.69, 9.17) is 5.11 Å². The van der Waals surface area contributed by atoms with Gasteiger partial charge in [0, 0.05) is 45.3 Å². The van der Waals surface area contributed by atoms with Crippen molar-refractivity contribution in [1.82, 2.24) is 15.1 Å². The number of hydrogen-bond acceptors (Lipinski definition) is 4. The van der Waals surface area contributed by atoms with Crippen molar-refractivity contribution >= 4 is 0 Å². The lowest BCUT2D eigenvalue weighted by Gasteiger charge is -2.41. The number of piperazine rings is 1. The third-order valence-electron chi connectivity index (χ3n) is 5.27. The van der Waals surface area contributed by atoms with Crippen molar-refractivity contribution in [1.29, 1.82) is 0 Å². The molecule has 3 unspecified atom stereocenters. The van der Waals surface area contributed by atoms with Crippen LogP contribution in [0.15, 0.2) is 0 Å². The minimum Gasteiger partial charge on any atom is -0.395 e. The summed E-state index contributed by atoms with van der Waals surface area (Å²) in [6.45, 7) is 12.8. The standard InChI is InChI=1S/C17H35N3O/c1-3-6-18-17-5-4-15(2)13-16(17)14-20-9-7-19(8-10-20)11-12-21/h15-18,21H,3-14H2,1-2H3. The predicted octanol–water partition coefficient (Wildman–Crippen LogP) is 1.40. The molecule has 124 valence electrons. The molecule has 3 atom stereocenters. The number of hydrogen-bond donors (Lipinski definition) is 2. The molecule has 0 aromatic rings. The molecule has 2 fully saturated rings. The van der Waals surface area contributed by atoms with Gasteiger partial charge in [0.15, 0.2) is 0 Å². The summed E-state index contributed by atoms with van der Waals surface area (Å²) in [7, 11) is 0. The van der Waals surface area contributed by atoms with E-state index in [0.717, 1.165) is 37.5 Å². The minimum absolute atomic E-state index is 0.295. The number of nitrogens with one attached hydrogen (secondary N) is 1. The Balaban J connectivity index is 1.78. The Labute approximate surface area is 130 Å². The molecule has 1 aliphatic carbocycles. The highest BCUT2D eigenvalue weighted by molar-refractivity contribution is 4.86. The SMILES string of the molecule is CCCNC1CCC(C)CC1CN1CCN(CCO)CC1. The first kappa shape index (κ1) is 17.2. The van der Waals surface area contributed by atoms with Crippen molar-refractivity contribution in [3.05, 3.63) is 0 Å². The van der Waals surface area contributed by atoms with Gasteiger partial charge in [-0.3, -0.25) is 4.90 Å². The van der Waals surface area contributed by atoms with Crippen LogP contribution in [-0.4, -0.2) is 73.4 Å². The summed E-state index contributed by atoms with van der Waals surface area (Å²) in [5.41, 5.74) is 0. The molecule has 0 bridgehead atoms. The number of rotatable bonds is 7. The van der Waals surface area contributed by atoms with Crippen LogP contribution in [0.25, 0.3) is 0 Å². The quantitative estimate of drug-likeness (QED) is 0.745. The molecule has 0 radical (unpaired) electrons. The molecule has 1 aliphatic heterocycles. The normalized spacial score (nSPS) is 32.4. The van der Waals surface area contributed by atoms with E-state index in [-0.39, 0.29) is 0 Å². The fourth-order valence-corrected chi connectivity index (χ4v) is 3.97. The summed E-state index contributed by atoms with van der Waals surface area (Å²) < 4.78 is 0. The lowest BCUT2D eigenvalue weighted by Crippen LogP contribution is -2.51. The first-order chi connectivity index (χ1) is 10.2. The van der Waals surface area contributed by atoms with E-state index >= 15 is 0 Å². The summed E-state index contributed by atoms with van der Waals surface area (Å²) in [4.78, 5) is 5.03. The van der Waals surface area contributed by atoms with Gasteiger partial charge in [-0.05, 0) is 44.1 Å². The fourth-order valence-electron chi connectivity index (χ4n) is 3.97. The van der Waals surface area contributed by atoms with Gasteiger partial charge in [-0.2, -0.15) is 0 Å². The van der Waals surface area contributed by atoms with Crippen LogP contribution in [0, 0.1) is 11.8 Å². The Hall–Kier alpha value is -0.160. The number of aliphatic hydroxyl groups excluding tert-OH is 1. The fraction of sp³-hybridized carbons (Fsp3) is 1.00. The molecule has 1 saturated heterocycles. The van der Waals surface area contributed by atoms with Crippen molar-refractivity contribution in [2.75, 3.05) is 52.4 Å². The topological polar surface area (TPSA) is 38.7 Å². The first-order valence-electron chi connectivity index (χ1n) is 9.01. The molecule has 4 heteroatoms. The van der Waals surface area contributed by atoms with Crippen molar-refractivity contribution < 1.29 is 5.11 Å². The number of aliphatic hydroxyl groups is 1. The molecule has 2 rings (SSSR count). The van der Waals surface area contributed by atoms with Gasteiger partial charge in [0.05, 0.1) is 6.61 Å². The second-order valence-electron chi connectivity index (χ2n) is 7.10. The second-order valence-corrected chi connectivity index (χ2v) is 7.10. The summed E-state index contributed by atoms with van der Waals surface area (Å²) >= 11 is 0. The molecule has 21 heavy (non-hydrogen) atoms. The number of nitrogens with zero attached hydrogens (tertiary/aromatic N) is 2. The van der Waals surface area contributed by atoms with E-state index in [9.17, 15) is 0 Å². The van der Waals surface area contributed by atoms with E-state index < -0.39 is 0 Å². The van der Waals surface area contributed by atoms with Gasteiger partial charge in [-0.1, -0.05) is 13.8 Å². The largest absolute Gasteiger partial charge is 0.395 e. The zero-order chi connectivity index (χ0) is 15.1. The zero-order valence-corrected chi connectivity index (χ0v) is 14.1. The van der Waals surface area contributed by atoms with Crippen molar-refractivity contribution in [3.63, 3.8) is 0 Å². The molecule has 0 aromatic heterocycles. The van der Waals surface area contributed by atoms with E-state index in [2.05, 4.69) is 29.0 Å². The molecule has 1 heterocycles. The Kier molecular flexibility index (Phi) is 7.44. The van der Waals surface area contributed by atoms with Crippen LogP contribution in [0.1, 0.15) is 39.5 Å². The maximum Gasteiger partial charge on any atom is 0.0558 e. The Morgan fingerprint density at radius 2 is 1.81 bits per heavy atom. The highest BCUT2D eigenvalue weighted by Gasteiger charge is 2.30. The average molecular weight is 297 g/mol. The summed E-state index contributed by atoms with van der Waals surface area (Å²) in [6, 6.07) is 0.733. The third kappa shape index (κ3) is 5.51. The maximum absolute atomic E-state index is 9.03. The highest BCUT2D eigenvalue weighted by atomic mass is 16.3. The van der Waals surface area contributed by atoms with Gasteiger partial charge in [0.2, 0.25) is 0 Å². The molecular weight excluding hydrogens is 262 g/mol. The molecule has 1 saturated carbocycles. The lowest BCUT2D eigenvalue weighted by atomic mass is 9.78. The van der Waals surface area contributed by atoms with Gasteiger partial charge in [0.1, 0.15) is 0 Å². The maximum atomic E-state index is 9.03. The van der Waals surface area contributed by atoms with E-state index in [1.54, 1.807) is 0 Å². The van der Waals surface area contributed by atoms with Crippen LogP contribution < -0.4 is 5.32 Å². The van der Waals surface area contributed by atoms with Crippen molar-refractivity contribution in [2.45, 2.75) is 45.6 Å². The van der Waals surface area contributed by atoms with E-state index in [1.165, 1.54) is 51.9 Å². The second kappa shape index (κ2) is 9.09. The van der Waals surface area contributed by atoms with Gasteiger partial charge >= 0.3 is 0 Å². The van der Waals surface area contributed by atoms with Crippen LogP contribution in [0.5, 0.6) is 0 Å². The smallest absolute Gasteiger partial charge is 0.0558 e. The molecule has 0 amide bonds. The van der Waals surface area contributed by atoms with Crippen LogP contribution >= 0.6 is 0 Å². The minimum atomic E-state index is 0.295. The molecule has 2 N–H and O–H groups in total. The first-order valence-corrected chi connectivity index (χ1v) is 9.01. The lowest BCUT2D eigenvalue weighted by molar-refractivity contribution is 0.0815. The molecule has 2 aliphatic rings. The predicted molar refractivity (Wildman–Crippen MR) is 88.6 cm³/mol. The Bertz CT molecular complexity index is 277. The zero-order valence-electron chi connectivity index (χ0n) is 14.1. The number of β-amino-alcohol motifs (C(OH)–C–C–N with tert-alkyl or cyclic N) is 1.